The van der Waals surface area contributed by atoms with E-state index in [-0.39, 0.29) is 11.5 Å². The van der Waals surface area contributed by atoms with Crippen LogP contribution in [0.3, 0.4) is 0 Å². The number of halogens is 1. The molecule has 1 aromatic carbocycles. The summed E-state index contributed by atoms with van der Waals surface area (Å²) >= 11 is 6.12. The van der Waals surface area contributed by atoms with E-state index in [1.165, 1.54) is 0 Å². The fraction of sp³-hybridized carbons (Fsp3) is 0.538. The quantitative estimate of drug-likeness (QED) is 0.878. The molecule has 0 saturated heterocycles. The van der Waals surface area contributed by atoms with Crippen LogP contribution in [0.2, 0.25) is 5.02 Å². The number of nitrogens with two attached hydrogens (primary N) is 1. The van der Waals surface area contributed by atoms with Gasteiger partial charge in [-0.1, -0.05) is 38.4 Å². The predicted molar refractivity (Wildman–Crippen MR) is 68.9 cm³/mol. The van der Waals surface area contributed by atoms with E-state index in [0.29, 0.717) is 11.6 Å². The minimum absolute atomic E-state index is 0.0931. The molecule has 0 heterocycles. The van der Waals surface area contributed by atoms with Crippen LogP contribution >= 0.6 is 11.6 Å². The second kappa shape index (κ2) is 5.07. The second-order valence-corrected chi connectivity index (χ2v) is 5.50. The van der Waals surface area contributed by atoms with Gasteiger partial charge >= 0.3 is 0 Å². The summed E-state index contributed by atoms with van der Waals surface area (Å²) in [4.78, 5) is 0. The number of hydrogen-bond donors (Lipinski definition) is 1. The fourth-order valence-electron chi connectivity index (χ4n) is 1.13. The van der Waals surface area contributed by atoms with Crippen LogP contribution in [0.5, 0.6) is 5.75 Å². The average Bonchev–Trinajstić information content (AvgIpc) is 2.19. The third-order valence-corrected chi connectivity index (χ3v) is 3.05. The van der Waals surface area contributed by atoms with E-state index in [1.807, 2.05) is 25.1 Å². The highest BCUT2D eigenvalue weighted by molar-refractivity contribution is 6.32. The van der Waals surface area contributed by atoms with E-state index in [2.05, 4.69) is 20.8 Å². The van der Waals surface area contributed by atoms with Gasteiger partial charge in [-0.05, 0) is 30.0 Å². The fourth-order valence-corrected chi connectivity index (χ4v) is 1.38. The van der Waals surface area contributed by atoms with E-state index >= 15 is 0 Å². The Hall–Kier alpha value is -0.730. The number of ether oxygens (including phenoxy) is 1. The highest BCUT2D eigenvalue weighted by Gasteiger charge is 2.22. The summed E-state index contributed by atoms with van der Waals surface area (Å²) in [5.41, 5.74) is 6.65. The predicted octanol–water partition coefficient (Wildman–Crippen LogP) is 3.61. The van der Waals surface area contributed by atoms with Gasteiger partial charge < -0.3 is 10.5 Å². The Labute approximate surface area is 103 Å². The molecule has 0 spiro atoms. The molecule has 0 aromatic heterocycles. The first kappa shape index (κ1) is 13.3. The standard InChI is InChI=1S/C13H20ClNO/c1-9(13(2,3)4)16-12-6-5-10(8-15)7-11(12)14/h5-7,9H,8,15H2,1-4H3. The molecule has 2 N–H and O–H groups in total. The summed E-state index contributed by atoms with van der Waals surface area (Å²) in [6.07, 6.45) is 0.105. The van der Waals surface area contributed by atoms with Gasteiger partial charge in [-0.15, -0.1) is 0 Å². The molecule has 3 heteroatoms. The Balaban J connectivity index is 2.82. The molecule has 0 aliphatic carbocycles. The van der Waals surface area contributed by atoms with Gasteiger partial charge in [0.15, 0.2) is 0 Å². The maximum absolute atomic E-state index is 6.12. The van der Waals surface area contributed by atoms with Crippen molar-refractivity contribution in [2.75, 3.05) is 0 Å². The molecule has 1 rings (SSSR count). The van der Waals surface area contributed by atoms with Crippen LogP contribution in [0.1, 0.15) is 33.3 Å². The van der Waals surface area contributed by atoms with E-state index in [1.54, 1.807) is 0 Å². The Morgan fingerprint density at radius 1 is 1.38 bits per heavy atom. The lowest BCUT2D eigenvalue weighted by Gasteiger charge is -2.28. The van der Waals surface area contributed by atoms with Crippen molar-refractivity contribution in [1.29, 1.82) is 0 Å². The molecule has 2 nitrogen and oxygen atoms in total. The zero-order valence-corrected chi connectivity index (χ0v) is 11.1. The summed E-state index contributed by atoms with van der Waals surface area (Å²) in [7, 11) is 0. The molecule has 1 unspecified atom stereocenters. The number of hydrogen-bond acceptors (Lipinski definition) is 2. The van der Waals surface area contributed by atoms with Crippen LogP contribution in [-0.4, -0.2) is 6.10 Å². The molecule has 0 aliphatic rings. The summed E-state index contributed by atoms with van der Waals surface area (Å²) in [6.45, 7) is 8.96. The zero-order chi connectivity index (χ0) is 12.3. The molecule has 1 atom stereocenters. The van der Waals surface area contributed by atoms with Gasteiger partial charge in [0.2, 0.25) is 0 Å². The van der Waals surface area contributed by atoms with E-state index in [0.717, 1.165) is 11.3 Å². The molecule has 0 fully saturated rings. The molecule has 0 bridgehead atoms. The maximum atomic E-state index is 6.12. The monoisotopic (exact) mass is 241 g/mol. The highest BCUT2D eigenvalue weighted by Crippen LogP contribution is 2.30. The van der Waals surface area contributed by atoms with Crippen molar-refractivity contribution in [3.63, 3.8) is 0 Å². The molecule has 0 radical (unpaired) electrons. The van der Waals surface area contributed by atoms with Gasteiger partial charge in [-0.25, -0.2) is 0 Å². The zero-order valence-electron chi connectivity index (χ0n) is 10.4. The summed E-state index contributed by atoms with van der Waals surface area (Å²) < 4.78 is 5.84. The Bertz CT molecular complexity index is 357. The molecule has 16 heavy (non-hydrogen) atoms. The van der Waals surface area contributed by atoms with Gasteiger partial charge in [0.05, 0.1) is 5.02 Å². The third-order valence-electron chi connectivity index (χ3n) is 2.76. The van der Waals surface area contributed by atoms with Gasteiger partial charge in [-0.3, -0.25) is 0 Å². The molecular formula is C13H20ClNO. The lowest BCUT2D eigenvalue weighted by atomic mass is 9.90. The van der Waals surface area contributed by atoms with Gasteiger partial charge in [-0.2, -0.15) is 0 Å². The van der Waals surface area contributed by atoms with Crippen molar-refractivity contribution in [2.24, 2.45) is 11.1 Å². The van der Waals surface area contributed by atoms with Crippen molar-refractivity contribution in [2.45, 2.75) is 40.3 Å². The molecular weight excluding hydrogens is 222 g/mol. The van der Waals surface area contributed by atoms with E-state index in [4.69, 9.17) is 22.1 Å². The van der Waals surface area contributed by atoms with Crippen molar-refractivity contribution in [3.8, 4) is 5.75 Å². The number of benzene rings is 1. The van der Waals surface area contributed by atoms with Crippen molar-refractivity contribution >= 4 is 11.6 Å². The first-order chi connectivity index (χ1) is 7.34. The average molecular weight is 242 g/mol. The minimum atomic E-state index is 0.0931. The minimum Gasteiger partial charge on any atom is -0.489 e. The first-order valence-electron chi connectivity index (χ1n) is 5.49. The Morgan fingerprint density at radius 3 is 2.44 bits per heavy atom. The van der Waals surface area contributed by atoms with Crippen molar-refractivity contribution in [1.82, 2.24) is 0 Å². The lowest BCUT2D eigenvalue weighted by Crippen LogP contribution is -2.28. The van der Waals surface area contributed by atoms with Crippen LogP contribution in [0.25, 0.3) is 0 Å². The van der Waals surface area contributed by atoms with Crippen LogP contribution in [0.15, 0.2) is 18.2 Å². The molecule has 0 amide bonds. The SMILES string of the molecule is CC(Oc1ccc(CN)cc1Cl)C(C)(C)C. The molecule has 0 saturated carbocycles. The van der Waals surface area contributed by atoms with Gasteiger partial charge in [0.1, 0.15) is 11.9 Å². The Kier molecular flexibility index (Phi) is 4.22. The highest BCUT2D eigenvalue weighted by atomic mass is 35.5. The molecule has 0 aliphatic heterocycles. The van der Waals surface area contributed by atoms with Gasteiger partial charge in [0, 0.05) is 6.54 Å². The third kappa shape index (κ3) is 3.39. The lowest BCUT2D eigenvalue weighted by molar-refractivity contribution is 0.104. The van der Waals surface area contributed by atoms with Crippen LogP contribution in [0.4, 0.5) is 0 Å². The topological polar surface area (TPSA) is 35.2 Å². The largest absolute Gasteiger partial charge is 0.489 e. The molecule has 1 aromatic rings. The Morgan fingerprint density at radius 2 is 2.00 bits per heavy atom. The summed E-state index contributed by atoms with van der Waals surface area (Å²) in [6, 6.07) is 5.68. The normalized spacial score (nSPS) is 13.6. The van der Waals surface area contributed by atoms with Crippen LogP contribution in [0, 0.1) is 5.41 Å². The smallest absolute Gasteiger partial charge is 0.138 e. The van der Waals surface area contributed by atoms with E-state index < -0.39 is 0 Å². The summed E-state index contributed by atoms with van der Waals surface area (Å²) in [5.74, 6) is 0.723. The van der Waals surface area contributed by atoms with Crippen LogP contribution < -0.4 is 10.5 Å². The van der Waals surface area contributed by atoms with Gasteiger partial charge in [0.25, 0.3) is 0 Å². The van der Waals surface area contributed by atoms with Crippen LogP contribution in [-0.2, 0) is 6.54 Å². The maximum Gasteiger partial charge on any atom is 0.138 e. The van der Waals surface area contributed by atoms with Crippen molar-refractivity contribution in [3.05, 3.63) is 28.8 Å². The molecule has 90 valence electrons. The van der Waals surface area contributed by atoms with E-state index in [9.17, 15) is 0 Å². The second-order valence-electron chi connectivity index (χ2n) is 5.10. The first-order valence-corrected chi connectivity index (χ1v) is 5.87. The van der Waals surface area contributed by atoms with Crippen molar-refractivity contribution < 1.29 is 4.74 Å². The number of rotatable bonds is 3. The summed E-state index contributed by atoms with van der Waals surface area (Å²) in [5, 5.41) is 0.624.